The van der Waals surface area contributed by atoms with Gasteiger partial charge in [0.2, 0.25) is 0 Å². The van der Waals surface area contributed by atoms with Crippen LogP contribution in [0.25, 0.3) is 11.0 Å². The predicted octanol–water partition coefficient (Wildman–Crippen LogP) is 2.55. The van der Waals surface area contributed by atoms with Crippen LogP contribution in [0.15, 0.2) is 18.5 Å². The molecule has 1 amide bonds. The zero-order chi connectivity index (χ0) is 19.9. The van der Waals surface area contributed by atoms with Crippen molar-refractivity contribution < 1.29 is 9.90 Å². The van der Waals surface area contributed by atoms with Gasteiger partial charge in [0.05, 0.1) is 23.5 Å². The first kappa shape index (κ1) is 19.2. The molecule has 0 aromatic carbocycles. The molecule has 4 rings (SSSR count). The van der Waals surface area contributed by atoms with E-state index in [2.05, 4.69) is 27.5 Å². The first-order valence-electron chi connectivity index (χ1n) is 10.2. The van der Waals surface area contributed by atoms with E-state index in [-0.39, 0.29) is 11.9 Å². The van der Waals surface area contributed by atoms with E-state index in [0.717, 1.165) is 48.8 Å². The highest BCUT2D eigenvalue weighted by Gasteiger charge is 2.44. The van der Waals surface area contributed by atoms with Crippen molar-refractivity contribution in [2.45, 2.75) is 50.7 Å². The van der Waals surface area contributed by atoms with E-state index in [4.69, 9.17) is 0 Å². The van der Waals surface area contributed by atoms with Crippen LogP contribution in [0, 0.1) is 11.8 Å². The fraction of sp³-hybridized carbons (Fsp3) is 0.619. The molecule has 4 N–H and O–H groups in total. The highest BCUT2D eigenvalue weighted by atomic mass is 16.3. The van der Waals surface area contributed by atoms with E-state index < -0.39 is 5.60 Å². The van der Waals surface area contributed by atoms with Crippen molar-refractivity contribution in [3.05, 3.63) is 24.0 Å². The zero-order valence-corrected chi connectivity index (χ0v) is 17.0. The molecule has 0 radical (unpaired) electrons. The number of hydrogen-bond acceptors (Lipinski definition) is 5. The molecule has 2 bridgehead atoms. The molecular formula is C21H31N5O2. The largest absolute Gasteiger partial charge is 0.390 e. The fourth-order valence-electron chi connectivity index (χ4n) is 5.11. The summed E-state index contributed by atoms with van der Waals surface area (Å²) in [5.41, 5.74) is 1.68. The summed E-state index contributed by atoms with van der Waals surface area (Å²) in [6, 6.07) is 2.22. The average Bonchev–Trinajstić information content (AvgIpc) is 3.10. The Balaban J connectivity index is 1.63. The van der Waals surface area contributed by atoms with E-state index in [1.54, 1.807) is 6.20 Å². The molecule has 2 aromatic rings. The molecule has 2 fully saturated rings. The van der Waals surface area contributed by atoms with Gasteiger partial charge in [-0.05, 0) is 64.1 Å². The Morgan fingerprint density at radius 3 is 3.04 bits per heavy atom. The first-order valence-corrected chi connectivity index (χ1v) is 10.2. The summed E-state index contributed by atoms with van der Waals surface area (Å²) >= 11 is 0. The minimum atomic E-state index is -0.506. The lowest BCUT2D eigenvalue weighted by atomic mass is 9.64. The summed E-state index contributed by atoms with van der Waals surface area (Å²) in [7, 11) is 3.83. The minimum Gasteiger partial charge on any atom is -0.390 e. The third kappa shape index (κ3) is 3.73. The monoisotopic (exact) mass is 385 g/mol. The van der Waals surface area contributed by atoms with Crippen LogP contribution < -0.4 is 10.6 Å². The molecule has 7 heteroatoms. The average molecular weight is 386 g/mol. The third-order valence-corrected chi connectivity index (χ3v) is 6.28. The lowest BCUT2D eigenvalue weighted by Gasteiger charge is -2.48. The van der Waals surface area contributed by atoms with Crippen molar-refractivity contribution in [1.29, 1.82) is 0 Å². The molecule has 7 nitrogen and oxygen atoms in total. The SMILES string of the molecule is CC1C[C@H]2C[C@](O)(CC[C@H]2Nc2c(C(=O)NCN(C)C)cnc3[nH]ccc23)C1. The summed E-state index contributed by atoms with van der Waals surface area (Å²) in [6.45, 7) is 2.70. The van der Waals surface area contributed by atoms with Crippen LogP contribution in [-0.2, 0) is 0 Å². The number of aromatic nitrogens is 2. The van der Waals surface area contributed by atoms with Crippen LogP contribution >= 0.6 is 0 Å². The maximum Gasteiger partial charge on any atom is 0.255 e. The lowest BCUT2D eigenvalue weighted by Crippen LogP contribution is -2.49. The Morgan fingerprint density at radius 1 is 1.43 bits per heavy atom. The topological polar surface area (TPSA) is 93.3 Å². The number of nitrogens with one attached hydrogen (secondary N) is 3. The molecule has 2 heterocycles. The summed E-state index contributed by atoms with van der Waals surface area (Å²) in [4.78, 5) is 22.3. The smallest absolute Gasteiger partial charge is 0.255 e. The molecule has 1 unspecified atom stereocenters. The summed E-state index contributed by atoms with van der Waals surface area (Å²) in [6.07, 6.45) is 8.10. The number of carbonyl (C=O) groups excluding carboxylic acids is 1. The Morgan fingerprint density at radius 2 is 2.25 bits per heavy atom. The Hall–Kier alpha value is -2.12. The number of pyridine rings is 1. The quantitative estimate of drug-likeness (QED) is 0.594. The van der Waals surface area contributed by atoms with Crippen LogP contribution in [0.4, 0.5) is 5.69 Å². The van der Waals surface area contributed by atoms with Gasteiger partial charge in [0.15, 0.2) is 0 Å². The van der Waals surface area contributed by atoms with Gasteiger partial charge >= 0.3 is 0 Å². The number of H-pyrrole nitrogens is 1. The molecule has 2 aromatic heterocycles. The van der Waals surface area contributed by atoms with E-state index in [1.165, 1.54) is 0 Å². The second-order valence-corrected chi connectivity index (χ2v) is 9.05. The molecule has 28 heavy (non-hydrogen) atoms. The summed E-state index contributed by atoms with van der Waals surface area (Å²) < 4.78 is 0. The van der Waals surface area contributed by atoms with Gasteiger partial charge in [-0.1, -0.05) is 6.92 Å². The molecule has 0 aliphatic heterocycles. The van der Waals surface area contributed by atoms with Gasteiger partial charge in [0, 0.05) is 23.8 Å². The van der Waals surface area contributed by atoms with Gasteiger partial charge in [0.1, 0.15) is 5.65 Å². The highest BCUT2D eigenvalue weighted by molar-refractivity contribution is 6.06. The lowest BCUT2D eigenvalue weighted by molar-refractivity contribution is -0.0677. The van der Waals surface area contributed by atoms with Crippen molar-refractivity contribution in [2.75, 3.05) is 26.1 Å². The number of aromatic amines is 1. The highest BCUT2D eigenvalue weighted by Crippen LogP contribution is 2.46. The molecule has 2 aliphatic carbocycles. The van der Waals surface area contributed by atoms with Gasteiger partial charge in [-0.15, -0.1) is 0 Å². The Kier molecular flexibility index (Phi) is 5.05. The number of amides is 1. The van der Waals surface area contributed by atoms with Gasteiger partial charge in [0.25, 0.3) is 5.91 Å². The van der Waals surface area contributed by atoms with Crippen LogP contribution in [0.5, 0.6) is 0 Å². The van der Waals surface area contributed by atoms with Crippen molar-refractivity contribution in [3.63, 3.8) is 0 Å². The Labute approximate surface area is 165 Å². The molecule has 2 saturated carbocycles. The number of carbonyl (C=O) groups is 1. The molecular weight excluding hydrogens is 354 g/mol. The van der Waals surface area contributed by atoms with E-state index in [9.17, 15) is 9.90 Å². The summed E-state index contributed by atoms with van der Waals surface area (Å²) in [5, 5.41) is 18.4. The van der Waals surface area contributed by atoms with Gasteiger partial charge < -0.3 is 20.7 Å². The number of anilines is 1. The molecule has 2 aliphatic rings. The molecule has 4 atom stereocenters. The maximum absolute atomic E-state index is 12.8. The number of rotatable bonds is 5. The van der Waals surface area contributed by atoms with E-state index in [1.807, 2.05) is 31.3 Å². The maximum atomic E-state index is 12.8. The second kappa shape index (κ2) is 7.37. The normalized spacial score (nSPS) is 29.8. The van der Waals surface area contributed by atoms with Gasteiger partial charge in [-0.2, -0.15) is 0 Å². The van der Waals surface area contributed by atoms with Crippen LogP contribution in [0.1, 0.15) is 49.4 Å². The van der Waals surface area contributed by atoms with Gasteiger partial charge in [-0.25, -0.2) is 4.98 Å². The first-order chi connectivity index (χ1) is 13.3. The van der Waals surface area contributed by atoms with E-state index in [0.29, 0.717) is 24.1 Å². The van der Waals surface area contributed by atoms with Crippen molar-refractivity contribution >= 4 is 22.6 Å². The predicted molar refractivity (Wildman–Crippen MR) is 110 cm³/mol. The minimum absolute atomic E-state index is 0.129. The van der Waals surface area contributed by atoms with Crippen molar-refractivity contribution in [3.8, 4) is 0 Å². The van der Waals surface area contributed by atoms with Gasteiger partial charge in [-0.3, -0.25) is 9.69 Å². The van der Waals surface area contributed by atoms with Crippen LogP contribution in [0.3, 0.4) is 0 Å². The van der Waals surface area contributed by atoms with Crippen molar-refractivity contribution in [1.82, 2.24) is 20.2 Å². The molecule has 0 saturated heterocycles. The fourth-order valence-corrected chi connectivity index (χ4v) is 5.11. The van der Waals surface area contributed by atoms with Crippen molar-refractivity contribution in [2.24, 2.45) is 11.8 Å². The second-order valence-electron chi connectivity index (χ2n) is 9.05. The number of aliphatic hydroxyl groups is 1. The Bertz CT molecular complexity index is 864. The number of nitrogens with zero attached hydrogens (tertiary/aromatic N) is 2. The zero-order valence-electron chi connectivity index (χ0n) is 17.0. The number of fused-ring (bicyclic) bond motifs is 3. The standard InChI is InChI=1S/C21H31N5O2/c1-13-8-14-10-21(28,9-13)6-4-17(14)25-18-15-5-7-22-19(15)23-11-16(18)20(27)24-12-26(2)3/h5,7,11,13-14,17,28H,4,6,8-10,12H2,1-3H3,(H,24,27)(H2,22,23,25)/t13?,14-,17+,21-/m0/s1. The van der Waals surface area contributed by atoms with Crippen LogP contribution in [0.2, 0.25) is 0 Å². The molecule has 152 valence electrons. The molecule has 0 spiro atoms. The number of hydrogen-bond donors (Lipinski definition) is 4. The summed E-state index contributed by atoms with van der Waals surface area (Å²) in [5.74, 6) is 0.819. The third-order valence-electron chi connectivity index (χ3n) is 6.28. The van der Waals surface area contributed by atoms with E-state index >= 15 is 0 Å². The van der Waals surface area contributed by atoms with Crippen LogP contribution in [-0.4, -0.2) is 58.3 Å².